The van der Waals surface area contributed by atoms with Gasteiger partial charge < -0.3 is 14.8 Å². The first-order chi connectivity index (χ1) is 9.85. The SMILES string of the molecule is C1CN[C@@H]2CN(C3CCOC4(CCOCC4)C3)C[C@@H]2C1. The molecule has 0 radical (unpaired) electrons. The molecule has 0 aromatic rings. The summed E-state index contributed by atoms with van der Waals surface area (Å²) in [5.74, 6) is 0.900. The minimum absolute atomic E-state index is 0.141. The standard InChI is InChI=1S/C16H28N2O2/c1-2-13-11-18(12-15(13)17-6-1)14-3-7-20-16(10-14)4-8-19-9-5-16/h13-15,17H,1-12H2/t13-,14?,15+/m0/s1. The Morgan fingerprint density at radius 1 is 1.05 bits per heavy atom. The van der Waals surface area contributed by atoms with Crippen LogP contribution in [0, 0.1) is 5.92 Å². The minimum Gasteiger partial charge on any atom is -0.381 e. The predicted molar refractivity (Wildman–Crippen MR) is 77.8 cm³/mol. The van der Waals surface area contributed by atoms with Gasteiger partial charge >= 0.3 is 0 Å². The van der Waals surface area contributed by atoms with E-state index in [2.05, 4.69) is 10.2 Å². The van der Waals surface area contributed by atoms with E-state index in [1.807, 2.05) is 0 Å². The van der Waals surface area contributed by atoms with Crippen LogP contribution in [0.4, 0.5) is 0 Å². The van der Waals surface area contributed by atoms with E-state index < -0.39 is 0 Å². The third kappa shape index (κ3) is 2.52. The largest absolute Gasteiger partial charge is 0.381 e. The molecule has 3 atom stereocenters. The van der Waals surface area contributed by atoms with Crippen molar-refractivity contribution in [3.8, 4) is 0 Å². The third-order valence-electron chi connectivity index (χ3n) is 6.01. The highest BCUT2D eigenvalue weighted by molar-refractivity contribution is 4.98. The highest BCUT2D eigenvalue weighted by atomic mass is 16.5. The summed E-state index contributed by atoms with van der Waals surface area (Å²) in [4.78, 5) is 2.77. The first-order valence-electron chi connectivity index (χ1n) is 8.54. The molecule has 1 N–H and O–H groups in total. The number of likely N-dealkylation sites (tertiary alicyclic amines) is 1. The zero-order valence-corrected chi connectivity index (χ0v) is 12.5. The van der Waals surface area contributed by atoms with Crippen molar-refractivity contribution in [2.24, 2.45) is 5.92 Å². The summed E-state index contributed by atoms with van der Waals surface area (Å²) in [7, 11) is 0. The van der Waals surface area contributed by atoms with Gasteiger partial charge in [-0.05, 0) is 51.0 Å². The lowest BCUT2D eigenvalue weighted by Gasteiger charge is -2.45. The lowest BCUT2D eigenvalue weighted by Crippen LogP contribution is -2.51. The van der Waals surface area contributed by atoms with E-state index in [1.165, 1.54) is 45.3 Å². The third-order valence-corrected chi connectivity index (χ3v) is 6.01. The van der Waals surface area contributed by atoms with Crippen molar-refractivity contribution in [2.75, 3.05) is 39.5 Å². The van der Waals surface area contributed by atoms with E-state index in [4.69, 9.17) is 9.47 Å². The molecule has 0 aromatic heterocycles. The van der Waals surface area contributed by atoms with E-state index in [-0.39, 0.29) is 5.60 Å². The van der Waals surface area contributed by atoms with Gasteiger partial charge in [-0.25, -0.2) is 0 Å². The molecule has 0 bridgehead atoms. The van der Waals surface area contributed by atoms with E-state index in [0.717, 1.165) is 50.7 Å². The van der Waals surface area contributed by atoms with Crippen LogP contribution in [-0.2, 0) is 9.47 Å². The van der Waals surface area contributed by atoms with Gasteiger partial charge in [-0.1, -0.05) is 0 Å². The molecular weight excluding hydrogens is 252 g/mol. The van der Waals surface area contributed by atoms with E-state index in [1.54, 1.807) is 0 Å². The van der Waals surface area contributed by atoms with Crippen LogP contribution in [0.2, 0.25) is 0 Å². The van der Waals surface area contributed by atoms with Crippen molar-refractivity contribution in [3.05, 3.63) is 0 Å². The number of rotatable bonds is 1. The summed E-state index contributed by atoms with van der Waals surface area (Å²) in [5, 5.41) is 3.73. The molecule has 4 fully saturated rings. The first-order valence-corrected chi connectivity index (χ1v) is 8.54. The summed E-state index contributed by atoms with van der Waals surface area (Å²) in [5.41, 5.74) is 0.141. The van der Waals surface area contributed by atoms with Gasteiger partial charge in [0.2, 0.25) is 0 Å². The molecule has 0 aromatic carbocycles. The van der Waals surface area contributed by atoms with Crippen LogP contribution in [0.1, 0.15) is 38.5 Å². The van der Waals surface area contributed by atoms with Crippen LogP contribution in [0.15, 0.2) is 0 Å². The summed E-state index contributed by atoms with van der Waals surface area (Å²) in [6.45, 7) is 6.53. The minimum atomic E-state index is 0.141. The molecule has 0 amide bonds. The second-order valence-electron chi connectivity index (χ2n) is 7.21. The second-order valence-corrected chi connectivity index (χ2v) is 7.21. The number of piperidine rings is 1. The number of hydrogen-bond donors (Lipinski definition) is 1. The van der Waals surface area contributed by atoms with Crippen LogP contribution in [0.5, 0.6) is 0 Å². The average Bonchev–Trinajstić information content (AvgIpc) is 2.92. The quantitative estimate of drug-likeness (QED) is 0.787. The van der Waals surface area contributed by atoms with Gasteiger partial charge in [-0.15, -0.1) is 0 Å². The number of nitrogens with one attached hydrogen (secondary N) is 1. The maximum absolute atomic E-state index is 6.19. The fraction of sp³-hybridized carbons (Fsp3) is 1.00. The maximum atomic E-state index is 6.19. The van der Waals surface area contributed by atoms with Gasteiger partial charge in [-0.2, -0.15) is 0 Å². The van der Waals surface area contributed by atoms with Crippen LogP contribution in [0.3, 0.4) is 0 Å². The van der Waals surface area contributed by atoms with Crippen molar-refractivity contribution >= 4 is 0 Å². The highest BCUT2D eigenvalue weighted by Crippen LogP contribution is 2.38. The van der Waals surface area contributed by atoms with Gasteiger partial charge in [-0.3, -0.25) is 4.90 Å². The first kappa shape index (κ1) is 13.5. The lowest BCUT2D eigenvalue weighted by molar-refractivity contribution is -0.150. The molecule has 0 aliphatic carbocycles. The smallest absolute Gasteiger partial charge is 0.0741 e. The van der Waals surface area contributed by atoms with Crippen LogP contribution in [0.25, 0.3) is 0 Å². The zero-order chi connectivity index (χ0) is 13.4. The molecule has 4 rings (SSSR count). The van der Waals surface area contributed by atoms with Gasteiger partial charge in [0, 0.05) is 45.0 Å². The molecule has 20 heavy (non-hydrogen) atoms. The predicted octanol–water partition coefficient (Wildman–Crippen LogP) is 1.40. The van der Waals surface area contributed by atoms with Gasteiger partial charge in [0.1, 0.15) is 0 Å². The molecule has 4 aliphatic rings. The van der Waals surface area contributed by atoms with Crippen molar-refractivity contribution in [2.45, 2.75) is 56.2 Å². The summed E-state index contributed by atoms with van der Waals surface area (Å²) >= 11 is 0. The molecule has 0 saturated carbocycles. The monoisotopic (exact) mass is 280 g/mol. The summed E-state index contributed by atoms with van der Waals surface area (Å²) in [6.07, 6.45) is 7.45. The number of nitrogens with zero attached hydrogens (tertiary/aromatic N) is 1. The maximum Gasteiger partial charge on any atom is 0.0741 e. The fourth-order valence-electron chi connectivity index (χ4n) is 4.78. The molecule has 1 spiro atoms. The van der Waals surface area contributed by atoms with Crippen molar-refractivity contribution in [1.29, 1.82) is 0 Å². The Bertz CT molecular complexity index is 324. The highest BCUT2D eigenvalue weighted by Gasteiger charge is 2.44. The van der Waals surface area contributed by atoms with Crippen molar-refractivity contribution in [3.63, 3.8) is 0 Å². The topological polar surface area (TPSA) is 33.7 Å². The molecule has 4 heteroatoms. The van der Waals surface area contributed by atoms with E-state index in [0.29, 0.717) is 0 Å². The Morgan fingerprint density at radius 2 is 1.95 bits per heavy atom. The molecule has 114 valence electrons. The molecule has 4 aliphatic heterocycles. The van der Waals surface area contributed by atoms with Crippen LogP contribution < -0.4 is 5.32 Å². The second kappa shape index (κ2) is 5.56. The van der Waals surface area contributed by atoms with E-state index in [9.17, 15) is 0 Å². The number of fused-ring (bicyclic) bond motifs is 1. The Kier molecular flexibility index (Phi) is 3.75. The molecule has 1 unspecified atom stereocenters. The van der Waals surface area contributed by atoms with Gasteiger partial charge in [0.25, 0.3) is 0 Å². The van der Waals surface area contributed by atoms with Crippen LogP contribution in [-0.4, -0.2) is 62.0 Å². The Morgan fingerprint density at radius 3 is 2.80 bits per heavy atom. The zero-order valence-electron chi connectivity index (χ0n) is 12.5. The Hall–Kier alpha value is -0.160. The molecule has 4 nitrogen and oxygen atoms in total. The molecular formula is C16H28N2O2. The average molecular weight is 280 g/mol. The van der Waals surface area contributed by atoms with Crippen LogP contribution >= 0.6 is 0 Å². The summed E-state index contributed by atoms with van der Waals surface area (Å²) in [6, 6.07) is 1.51. The molecule has 4 heterocycles. The van der Waals surface area contributed by atoms with Crippen molar-refractivity contribution in [1.82, 2.24) is 10.2 Å². The number of ether oxygens (including phenoxy) is 2. The van der Waals surface area contributed by atoms with Gasteiger partial charge in [0.05, 0.1) is 5.60 Å². The van der Waals surface area contributed by atoms with Gasteiger partial charge in [0.15, 0.2) is 0 Å². The number of hydrogen-bond acceptors (Lipinski definition) is 4. The summed E-state index contributed by atoms with van der Waals surface area (Å²) < 4.78 is 11.7. The van der Waals surface area contributed by atoms with E-state index >= 15 is 0 Å². The fourth-order valence-corrected chi connectivity index (χ4v) is 4.78. The Balaban J connectivity index is 1.41. The Labute approximate surface area is 122 Å². The normalized spacial score (nSPS) is 41.7. The lowest BCUT2D eigenvalue weighted by atomic mass is 9.83. The molecule has 4 saturated heterocycles. The van der Waals surface area contributed by atoms with Crippen molar-refractivity contribution < 1.29 is 9.47 Å².